The molecule has 10 heteroatoms. The lowest BCUT2D eigenvalue weighted by Crippen LogP contribution is -2.52. The Morgan fingerprint density at radius 2 is 1.59 bits per heavy atom. The maximum atomic E-state index is 12.6. The van der Waals surface area contributed by atoms with Gasteiger partial charge in [0.25, 0.3) is 0 Å². The molecule has 0 unspecified atom stereocenters. The summed E-state index contributed by atoms with van der Waals surface area (Å²) in [5.41, 5.74) is -5.23. The highest BCUT2D eigenvalue weighted by Gasteiger charge is 2.50. The highest BCUT2D eigenvalue weighted by Crippen LogP contribution is 2.29. The van der Waals surface area contributed by atoms with Crippen molar-refractivity contribution in [2.24, 2.45) is 10.9 Å². The summed E-state index contributed by atoms with van der Waals surface area (Å²) in [4.78, 5) is 4.20. The average molecular weight is 413 g/mol. The van der Waals surface area contributed by atoms with Crippen molar-refractivity contribution in [1.82, 2.24) is 14.9 Å². The number of alkyl halides is 3. The van der Waals surface area contributed by atoms with Crippen molar-refractivity contribution < 1.29 is 21.6 Å². The molecular formula is C17H31F3N4O2S. The Labute approximate surface area is 160 Å². The first-order chi connectivity index (χ1) is 12.7. The van der Waals surface area contributed by atoms with Gasteiger partial charge in [-0.1, -0.05) is 32.1 Å². The number of guanidine groups is 1. The van der Waals surface area contributed by atoms with Gasteiger partial charge in [0, 0.05) is 32.7 Å². The molecule has 1 saturated carbocycles. The molecule has 2 aliphatic rings. The molecule has 2 N–H and O–H groups in total. The fourth-order valence-corrected chi connectivity index (χ4v) is 4.75. The van der Waals surface area contributed by atoms with Crippen molar-refractivity contribution in [3.8, 4) is 0 Å². The minimum absolute atomic E-state index is 0.0896. The molecule has 1 aliphatic carbocycles. The highest BCUT2D eigenvalue weighted by atomic mass is 32.2. The van der Waals surface area contributed by atoms with Crippen LogP contribution >= 0.6 is 0 Å². The Morgan fingerprint density at radius 3 is 2.11 bits per heavy atom. The Bertz CT molecular complexity index is 579. The van der Waals surface area contributed by atoms with Crippen LogP contribution in [0.3, 0.4) is 0 Å². The molecule has 0 aromatic heterocycles. The summed E-state index contributed by atoms with van der Waals surface area (Å²) < 4.78 is 61.4. The lowest BCUT2D eigenvalue weighted by atomic mass is 9.91. The van der Waals surface area contributed by atoms with E-state index in [-0.39, 0.29) is 19.1 Å². The monoisotopic (exact) mass is 412 g/mol. The first-order valence-electron chi connectivity index (χ1n) is 9.77. The van der Waals surface area contributed by atoms with E-state index in [0.29, 0.717) is 29.0 Å². The summed E-state index contributed by atoms with van der Waals surface area (Å²) in [6.45, 7) is 0.555. The summed E-state index contributed by atoms with van der Waals surface area (Å²) in [5, 5.41) is 6.55. The predicted octanol–water partition coefficient (Wildman–Crippen LogP) is 2.83. The Morgan fingerprint density at radius 1 is 1.04 bits per heavy atom. The van der Waals surface area contributed by atoms with Gasteiger partial charge in [0.05, 0.1) is 0 Å². The van der Waals surface area contributed by atoms with E-state index in [1.54, 1.807) is 7.05 Å². The summed E-state index contributed by atoms with van der Waals surface area (Å²) in [5.74, 6) is 1.25. The third-order valence-electron chi connectivity index (χ3n) is 5.43. The van der Waals surface area contributed by atoms with Gasteiger partial charge >= 0.3 is 15.5 Å². The van der Waals surface area contributed by atoms with Crippen molar-refractivity contribution in [3.05, 3.63) is 0 Å². The number of hydrogen-bond acceptors (Lipinski definition) is 3. The van der Waals surface area contributed by atoms with Crippen molar-refractivity contribution >= 4 is 16.0 Å². The first-order valence-corrected chi connectivity index (χ1v) is 11.2. The van der Waals surface area contributed by atoms with E-state index in [2.05, 4.69) is 15.6 Å². The van der Waals surface area contributed by atoms with Gasteiger partial charge in [0.15, 0.2) is 5.96 Å². The van der Waals surface area contributed by atoms with Crippen LogP contribution in [0, 0.1) is 5.92 Å². The van der Waals surface area contributed by atoms with Crippen LogP contribution < -0.4 is 10.6 Å². The van der Waals surface area contributed by atoms with Gasteiger partial charge in [-0.3, -0.25) is 4.99 Å². The van der Waals surface area contributed by atoms with Gasteiger partial charge < -0.3 is 10.6 Å². The van der Waals surface area contributed by atoms with Crippen LogP contribution in [-0.4, -0.2) is 56.9 Å². The van der Waals surface area contributed by atoms with E-state index in [4.69, 9.17) is 0 Å². The number of piperidine rings is 1. The minimum Gasteiger partial charge on any atom is -0.356 e. The number of rotatable bonds is 4. The van der Waals surface area contributed by atoms with Gasteiger partial charge in [-0.2, -0.15) is 17.5 Å². The molecule has 2 rings (SSSR count). The number of sulfonamides is 1. The molecular weight excluding hydrogens is 381 g/mol. The maximum Gasteiger partial charge on any atom is 0.511 e. The second-order valence-electron chi connectivity index (χ2n) is 7.43. The van der Waals surface area contributed by atoms with Gasteiger partial charge in [-0.15, -0.1) is 0 Å². The molecule has 0 atom stereocenters. The van der Waals surface area contributed by atoms with Gasteiger partial charge in [0.1, 0.15) is 0 Å². The lowest BCUT2D eigenvalue weighted by molar-refractivity contribution is -0.0494. The second-order valence-corrected chi connectivity index (χ2v) is 9.36. The Kier molecular flexibility index (Phi) is 8.20. The van der Waals surface area contributed by atoms with Gasteiger partial charge in [0.2, 0.25) is 0 Å². The fraction of sp³-hybridized carbons (Fsp3) is 0.941. The maximum absolute atomic E-state index is 12.6. The van der Waals surface area contributed by atoms with Crippen molar-refractivity contribution in [2.75, 3.05) is 26.7 Å². The molecule has 1 saturated heterocycles. The van der Waals surface area contributed by atoms with Crippen LogP contribution in [0.15, 0.2) is 4.99 Å². The topological polar surface area (TPSA) is 73.8 Å². The van der Waals surface area contributed by atoms with E-state index in [1.165, 1.54) is 44.9 Å². The second kappa shape index (κ2) is 9.95. The van der Waals surface area contributed by atoms with E-state index in [9.17, 15) is 21.6 Å². The van der Waals surface area contributed by atoms with E-state index < -0.39 is 15.5 Å². The molecule has 6 nitrogen and oxygen atoms in total. The summed E-state index contributed by atoms with van der Waals surface area (Å²) in [6, 6.07) is -0.0896. The molecule has 0 aromatic rings. The number of aliphatic imine (C=N–C) groups is 1. The molecule has 2 fully saturated rings. The summed E-state index contributed by atoms with van der Waals surface area (Å²) in [7, 11) is -3.57. The van der Waals surface area contributed by atoms with Crippen LogP contribution in [0.25, 0.3) is 0 Å². The smallest absolute Gasteiger partial charge is 0.356 e. The third kappa shape index (κ3) is 6.51. The van der Waals surface area contributed by atoms with E-state index in [0.717, 1.165) is 6.54 Å². The zero-order valence-electron chi connectivity index (χ0n) is 15.9. The lowest BCUT2D eigenvalue weighted by Gasteiger charge is -2.32. The van der Waals surface area contributed by atoms with Crippen LogP contribution in [-0.2, 0) is 10.0 Å². The third-order valence-corrected chi connectivity index (χ3v) is 7.06. The van der Waals surface area contributed by atoms with Crippen LogP contribution in [0.4, 0.5) is 13.2 Å². The first kappa shape index (κ1) is 22.3. The molecule has 1 heterocycles. The Hall–Kier alpha value is -1.03. The summed E-state index contributed by atoms with van der Waals surface area (Å²) >= 11 is 0. The fourth-order valence-electron chi connectivity index (χ4n) is 3.76. The number of halogens is 3. The number of nitrogens with zero attached hydrogens (tertiary/aromatic N) is 2. The van der Waals surface area contributed by atoms with Crippen molar-refractivity contribution in [2.45, 2.75) is 69.3 Å². The SMILES string of the molecule is CN=C(NCC1CCCCCCC1)NC1CCN(S(=O)(=O)C(F)(F)F)CC1. The molecule has 0 aromatic carbocycles. The zero-order valence-corrected chi connectivity index (χ0v) is 16.7. The molecule has 0 spiro atoms. The molecule has 158 valence electrons. The Balaban J connectivity index is 1.77. The molecule has 0 amide bonds. The average Bonchev–Trinajstić information content (AvgIpc) is 2.59. The summed E-state index contributed by atoms with van der Waals surface area (Å²) in [6.07, 6.45) is 9.47. The van der Waals surface area contributed by atoms with Crippen LogP contribution in [0.2, 0.25) is 0 Å². The molecule has 1 aliphatic heterocycles. The van der Waals surface area contributed by atoms with Crippen LogP contribution in [0.5, 0.6) is 0 Å². The number of nitrogens with one attached hydrogen (secondary N) is 2. The standard InChI is InChI=1S/C17H31F3N4O2S/c1-21-16(22-13-14-7-5-3-2-4-6-8-14)23-15-9-11-24(12-10-15)27(25,26)17(18,19)20/h14-15H,2-13H2,1H3,(H2,21,22,23). The highest BCUT2D eigenvalue weighted by molar-refractivity contribution is 7.90. The van der Waals surface area contributed by atoms with Gasteiger partial charge in [-0.25, -0.2) is 8.42 Å². The van der Waals surface area contributed by atoms with Crippen molar-refractivity contribution in [3.63, 3.8) is 0 Å². The minimum atomic E-state index is -5.23. The predicted molar refractivity (Wildman–Crippen MR) is 99.9 cm³/mol. The molecule has 0 radical (unpaired) electrons. The van der Waals surface area contributed by atoms with Crippen molar-refractivity contribution in [1.29, 1.82) is 0 Å². The van der Waals surface area contributed by atoms with E-state index in [1.807, 2.05) is 0 Å². The normalized spacial score (nSPS) is 22.9. The molecule has 0 bridgehead atoms. The quantitative estimate of drug-likeness (QED) is 0.550. The largest absolute Gasteiger partial charge is 0.511 e. The van der Waals surface area contributed by atoms with Gasteiger partial charge in [-0.05, 0) is 31.6 Å². The molecule has 27 heavy (non-hydrogen) atoms. The van der Waals surface area contributed by atoms with E-state index >= 15 is 0 Å². The van der Waals surface area contributed by atoms with Crippen LogP contribution in [0.1, 0.15) is 57.8 Å². The number of hydrogen-bond donors (Lipinski definition) is 2. The zero-order chi connectivity index (χ0) is 19.9.